The van der Waals surface area contributed by atoms with Gasteiger partial charge in [0.15, 0.2) is 12.4 Å². The lowest BCUT2D eigenvalue weighted by Crippen LogP contribution is -2.31. The molecule has 4 aromatic rings. The van der Waals surface area contributed by atoms with E-state index in [1.807, 2.05) is 32.1 Å². The van der Waals surface area contributed by atoms with Crippen molar-refractivity contribution in [2.75, 3.05) is 11.5 Å². The van der Waals surface area contributed by atoms with Crippen LogP contribution < -0.4 is 4.90 Å². The van der Waals surface area contributed by atoms with E-state index in [0.29, 0.717) is 34.3 Å². The van der Waals surface area contributed by atoms with Gasteiger partial charge in [0.2, 0.25) is 11.8 Å². The highest BCUT2D eigenvalue weighted by molar-refractivity contribution is 9.10. The monoisotopic (exact) mass is 640 g/mol. The maximum Gasteiger partial charge on any atom is 0.339 e. The molecule has 0 bridgehead atoms. The van der Waals surface area contributed by atoms with Gasteiger partial charge in [-0.15, -0.1) is 0 Å². The molecule has 1 aromatic heterocycles. The molecule has 216 valence electrons. The van der Waals surface area contributed by atoms with Crippen molar-refractivity contribution in [3.8, 4) is 11.3 Å². The molecule has 1 aliphatic heterocycles. The maximum absolute atomic E-state index is 13.3. The van der Waals surface area contributed by atoms with Crippen LogP contribution in [-0.2, 0) is 14.3 Å². The van der Waals surface area contributed by atoms with Crippen molar-refractivity contribution >= 4 is 56.1 Å². The van der Waals surface area contributed by atoms with Gasteiger partial charge in [0.05, 0.1) is 34.3 Å². The Balaban J connectivity index is 1.31. The predicted octanol–water partition coefficient (Wildman–Crippen LogP) is 6.85. The number of allylic oxidation sites excluding steroid dienone is 2. The second kappa shape index (κ2) is 11.3. The molecule has 1 fully saturated rings. The van der Waals surface area contributed by atoms with Gasteiger partial charge >= 0.3 is 5.97 Å². The number of anilines is 1. The van der Waals surface area contributed by atoms with Gasteiger partial charge in [0.25, 0.3) is 0 Å². The maximum atomic E-state index is 13.3. The third kappa shape index (κ3) is 5.29. The quantitative estimate of drug-likeness (QED) is 0.0990. The molecule has 1 saturated heterocycles. The highest BCUT2D eigenvalue weighted by Crippen LogP contribution is 2.41. The van der Waals surface area contributed by atoms with E-state index in [0.717, 1.165) is 10.0 Å². The van der Waals surface area contributed by atoms with Crippen LogP contribution in [0.3, 0.4) is 0 Å². The smallest absolute Gasteiger partial charge is 0.339 e. The van der Waals surface area contributed by atoms with Gasteiger partial charge < -0.3 is 4.74 Å². The second-order valence-electron chi connectivity index (χ2n) is 10.9. The van der Waals surface area contributed by atoms with Gasteiger partial charge in [-0.25, -0.2) is 14.2 Å². The van der Waals surface area contributed by atoms with Crippen LogP contribution in [0.2, 0.25) is 0 Å². The minimum atomic E-state index is -0.711. The molecule has 0 saturated carbocycles. The number of halogens is 2. The molecule has 2 amide bonds. The Bertz CT molecular complexity index is 1830. The summed E-state index contributed by atoms with van der Waals surface area (Å²) >= 11 is 3.48. The molecule has 2 heterocycles. The van der Waals surface area contributed by atoms with Gasteiger partial charge in [0.1, 0.15) is 5.82 Å². The number of carbonyl (C=O) groups is 4. The van der Waals surface area contributed by atoms with E-state index in [4.69, 9.17) is 9.72 Å². The van der Waals surface area contributed by atoms with E-state index in [1.54, 1.807) is 36.4 Å². The number of benzene rings is 3. The first kappa shape index (κ1) is 28.6. The Hall–Kier alpha value is -4.50. The van der Waals surface area contributed by atoms with Crippen LogP contribution in [0.4, 0.5) is 10.1 Å². The van der Waals surface area contributed by atoms with Gasteiger partial charge in [-0.2, -0.15) is 0 Å². The summed E-state index contributed by atoms with van der Waals surface area (Å²) in [7, 11) is 0. The lowest BCUT2D eigenvalue weighted by atomic mass is 9.78. The van der Waals surface area contributed by atoms with E-state index < -0.39 is 24.2 Å². The molecule has 3 atom stereocenters. The van der Waals surface area contributed by atoms with E-state index >= 15 is 0 Å². The van der Waals surface area contributed by atoms with E-state index in [1.165, 1.54) is 29.2 Å². The summed E-state index contributed by atoms with van der Waals surface area (Å²) in [4.78, 5) is 58.4. The van der Waals surface area contributed by atoms with Crippen molar-refractivity contribution in [2.45, 2.75) is 20.3 Å². The number of carbonyl (C=O) groups excluding carboxylic acids is 4. The van der Waals surface area contributed by atoms with Gasteiger partial charge in [-0.1, -0.05) is 47.1 Å². The molecule has 6 rings (SSSR count). The van der Waals surface area contributed by atoms with Crippen LogP contribution in [0.5, 0.6) is 0 Å². The number of rotatable bonds is 6. The van der Waals surface area contributed by atoms with Gasteiger partial charge in [-0.05, 0) is 79.4 Å². The van der Waals surface area contributed by atoms with Crippen molar-refractivity contribution in [2.24, 2.45) is 17.8 Å². The number of fused-ring (bicyclic) bond motifs is 2. The normalized spacial score (nSPS) is 19.5. The summed E-state index contributed by atoms with van der Waals surface area (Å²) in [5, 5.41) is 0.546. The Kier molecular flexibility index (Phi) is 7.52. The number of hydrogen-bond donors (Lipinski definition) is 0. The zero-order valence-electron chi connectivity index (χ0n) is 23.3. The fourth-order valence-corrected chi connectivity index (χ4v) is 6.46. The highest BCUT2D eigenvalue weighted by Gasteiger charge is 2.50. The number of aromatic nitrogens is 1. The number of ketones is 1. The lowest BCUT2D eigenvalue weighted by Gasteiger charge is -2.22. The Morgan fingerprint density at radius 3 is 2.44 bits per heavy atom. The standard InChI is InChI=1S/C34H26BrFN2O5/c1-18-4-3-5-25-30(18)33(41)38(32(25)40)24-12-8-20(9-13-24)28-16-27(26-15-22(35)14-19(2)31(26)37-28)34(42)43-17-29(39)21-6-10-23(36)11-7-21/h3-4,6-16,18,25,30H,5,17H2,1-2H3. The molecular formula is C34H26BrFN2O5. The fourth-order valence-electron chi connectivity index (χ4n) is 5.88. The van der Waals surface area contributed by atoms with Crippen LogP contribution in [0.1, 0.15) is 39.6 Å². The predicted molar refractivity (Wildman–Crippen MR) is 163 cm³/mol. The highest BCUT2D eigenvalue weighted by atomic mass is 79.9. The molecule has 0 radical (unpaired) electrons. The van der Waals surface area contributed by atoms with Crippen molar-refractivity contribution in [1.29, 1.82) is 0 Å². The topological polar surface area (TPSA) is 93.6 Å². The molecule has 0 spiro atoms. The Morgan fingerprint density at radius 2 is 1.74 bits per heavy atom. The average Bonchev–Trinajstić information content (AvgIpc) is 3.25. The SMILES string of the molecule is Cc1cc(Br)cc2c(C(=O)OCC(=O)c3ccc(F)cc3)cc(-c3ccc(N4C(=O)C5CC=CC(C)C5C4=O)cc3)nc12. The van der Waals surface area contributed by atoms with Crippen molar-refractivity contribution in [3.05, 3.63) is 106 Å². The zero-order valence-corrected chi connectivity index (χ0v) is 24.9. The summed E-state index contributed by atoms with van der Waals surface area (Å²) in [5.74, 6) is -2.73. The first-order valence-corrected chi connectivity index (χ1v) is 14.6. The van der Waals surface area contributed by atoms with Crippen LogP contribution in [-0.4, -0.2) is 35.2 Å². The van der Waals surface area contributed by atoms with Crippen LogP contribution >= 0.6 is 15.9 Å². The zero-order chi connectivity index (χ0) is 30.4. The van der Waals surface area contributed by atoms with E-state index in [-0.39, 0.29) is 40.7 Å². The second-order valence-corrected chi connectivity index (χ2v) is 11.8. The first-order chi connectivity index (χ1) is 20.6. The van der Waals surface area contributed by atoms with E-state index in [9.17, 15) is 23.6 Å². The van der Waals surface area contributed by atoms with Crippen molar-refractivity contribution in [3.63, 3.8) is 0 Å². The summed E-state index contributed by atoms with van der Waals surface area (Å²) in [6.45, 7) is 3.32. The third-order valence-corrected chi connectivity index (χ3v) is 8.54. The molecular weight excluding hydrogens is 615 g/mol. The number of nitrogens with zero attached hydrogens (tertiary/aromatic N) is 2. The van der Waals surface area contributed by atoms with Crippen LogP contribution in [0.25, 0.3) is 22.2 Å². The first-order valence-electron chi connectivity index (χ1n) is 13.8. The minimum Gasteiger partial charge on any atom is -0.454 e. The number of Topliss-reactive ketones (excluding diaryl/α,β-unsaturated/α-hetero) is 1. The number of aryl methyl sites for hydroxylation is 1. The summed E-state index contributed by atoms with van der Waals surface area (Å²) in [6.07, 6.45) is 4.52. The number of ether oxygens (including phenoxy) is 1. The summed E-state index contributed by atoms with van der Waals surface area (Å²) in [6, 6.07) is 17.2. The van der Waals surface area contributed by atoms with Crippen molar-refractivity contribution < 1.29 is 28.3 Å². The molecule has 9 heteroatoms. The van der Waals surface area contributed by atoms with Crippen LogP contribution in [0.15, 0.2) is 83.4 Å². The largest absolute Gasteiger partial charge is 0.454 e. The third-order valence-electron chi connectivity index (χ3n) is 8.08. The van der Waals surface area contributed by atoms with Gasteiger partial charge in [-0.3, -0.25) is 19.3 Å². The molecule has 0 N–H and O–H groups in total. The molecule has 2 aliphatic rings. The number of esters is 1. The van der Waals surface area contributed by atoms with Crippen molar-refractivity contribution in [1.82, 2.24) is 4.98 Å². The minimum absolute atomic E-state index is 0.00582. The molecule has 7 nitrogen and oxygen atoms in total. The molecule has 43 heavy (non-hydrogen) atoms. The summed E-state index contributed by atoms with van der Waals surface area (Å²) < 4.78 is 19.4. The molecule has 1 aliphatic carbocycles. The Morgan fingerprint density at radius 1 is 1.02 bits per heavy atom. The number of pyridine rings is 1. The van der Waals surface area contributed by atoms with E-state index in [2.05, 4.69) is 15.9 Å². The Labute approximate surface area is 255 Å². The molecule has 3 unspecified atom stereocenters. The number of hydrogen-bond acceptors (Lipinski definition) is 6. The average molecular weight is 641 g/mol. The lowest BCUT2D eigenvalue weighted by molar-refractivity contribution is -0.122. The number of imide groups is 1. The molecule has 3 aromatic carbocycles. The number of amides is 2. The van der Waals surface area contributed by atoms with Gasteiger partial charge in [0, 0.05) is 21.0 Å². The van der Waals surface area contributed by atoms with Crippen LogP contribution in [0, 0.1) is 30.5 Å². The fraction of sp³-hybridized carbons (Fsp3) is 0.206. The summed E-state index contributed by atoms with van der Waals surface area (Å²) in [5.41, 5.74) is 3.47.